The van der Waals surface area contributed by atoms with Gasteiger partial charge < -0.3 is 14.7 Å². The van der Waals surface area contributed by atoms with E-state index in [-0.39, 0.29) is 5.41 Å². The van der Waals surface area contributed by atoms with Crippen LogP contribution >= 0.6 is 0 Å². The monoisotopic (exact) mass is 320 g/mol. The van der Waals surface area contributed by atoms with E-state index >= 15 is 0 Å². The topological polar surface area (TPSA) is 35.9 Å². The van der Waals surface area contributed by atoms with Crippen molar-refractivity contribution in [3.05, 3.63) is 29.3 Å². The fourth-order valence-electron chi connectivity index (χ4n) is 2.85. The fourth-order valence-corrected chi connectivity index (χ4v) is 2.85. The van der Waals surface area contributed by atoms with Gasteiger partial charge in [0.1, 0.15) is 18.5 Å². The zero-order valence-corrected chi connectivity index (χ0v) is 15.3. The summed E-state index contributed by atoms with van der Waals surface area (Å²) >= 11 is 0. The van der Waals surface area contributed by atoms with Crippen molar-refractivity contribution in [3.8, 4) is 5.75 Å². The van der Waals surface area contributed by atoms with Gasteiger partial charge in [-0.2, -0.15) is 0 Å². The SMILES string of the molecule is Cc1cc(C(C)(C)C)ccc1OCC(O)CN1CCN(C)CC1. The van der Waals surface area contributed by atoms with Gasteiger partial charge in [-0.05, 0) is 36.6 Å². The van der Waals surface area contributed by atoms with E-state index in [1.54, 1.807) is 0 Å². The van der Waals surface area contributed by atoms with Gasteiger partial charge in [-0.25, -0.2) is 0 Å². The van der Waals surface area contributed by atoms with Crippen LogP contribution in [-0.4, -0.2) is 67.4 Å². The molecule has 0 saturated carbocycles. The molecule has 1 aromatic carbocycles. The molecule has 1 aliphatic rings. The average molecular weight is 320 g/mol. The predicted octanol–water partition coefficient (Wildman–Crippen LogP) is 2.28. The second kappa shape index (κ2) is 7.65. The quantitative estimate of drug-likeness (QED) is 0.903. The largest absolute Gasteiger partial charge is 0.491 e. The summed E-state index contributed by atoms with van der Waals surface area (Å²) < 4.78 is 5.84. The lowest BCUT2D eigenvalue weighted by Gasteiger charge is -2.33. The van der Waals surface area contributed by atoms with Crippen LogP contribution in [0.5, 0.6) is 5.75 Å². The summed E-state index contributed by atoms with van der Waals surface area (Å²) in [7, 11) is 2.14. The number of piperazine rings is 1. The van der Waals surface area contributed by atoms with Crippen molar-refractivity contribution in [2.75, 3.05) is 46.4 Å². The Kier molecular flexibility index (Phi) is 6.06. The number of likely N-dealkylation sites (N-methyl/N-ethyl adjacent to an activating group) is 1. The van der Waals surface area contributed by atoms with Crippen molar-refractivity contribution in [1.82, 2.24) is 9.80 Å². The summed E-state index contributed by atoms with van der Waals surface area (Å²) in [5, 5.41) is 10.2. The molecule has 0 aliphatic carbocycles. The Morgan fingerprint density at radius 2 is 1.83 bits per heavy atom. The standard InChI is InChI=1S/C19H32N2O2/c1-15-12-16(19(2,3)4)6-7-18(15)23-14-17(22)13-21-10-8-20(5)9-11-21/h6-7,12,17,22H,8-11,13-14H2,1-5H3. The number of ether oxygens (including phenoxy) is 1. The molecule has 0 amide bonds. The molecule has 1 aliphatic heterocycles. The van der Waals surface area contributed by atoms with E-state index < -0.39 is 6.10 Å². The van der Waals surface area contributed by atoms with Gasteiger partial charge in [0.25, 0.3) is 0 Å². The number of nitrogens with zero attached hydrogens (tertiary/aromatic N) is 2. The van der Waals surface area contributed by atoms with E-state index in [4.69, 9.17) is 4.74 Å². The van der Waals surface area contributed by atoms with Crippen molar-refractivity contribution < 1.29 is 9.84 Å². The normalized spacial score (nSPS) is 18.9. The van der Waals surface area contributed by atoms with Crippen LogP contribution in [-0.2, 0) is 5.41 Å². The van der Waals surface area contributed by atoms with Crippen molar-refractivity contribution in [2.45, 2.75) is 39.2 Å². The zero-order chi connectivity index (χ0) is 17.0. The maximum Gasteiger partial charge on any atom is 0.122 e. The summed E-state index contributed by atoms with van der Waals surface area (Å²) in [5.74, 6) is 0.871. The van der Waals surface area contributed by atoms with E-state index in [0.29, 0.717) is 13.2 Å². The van der Waals surface area contributed by atoms with Crippen LogP contribution in [0.25, 0.3) is 0 Å². The summed E-state index contributed by atoms with van der Waals surface area (Å²) in [6.07, 6.45) is -0.444. The third-order valence-corrected chi connectivity index (χ3v) is 4.54. The highest BCUT2D eigenvalue weighted by atomic mass is 16.5. The van der Waals surface area contributed by atoms with Gasteiger partial charge in [0.15, 0.2) is 0 Å². The second-order valence-corrected chi connectivity index (χ2v) is 7.80. The lowest BCUT2D eigenvalue weighted by atomic mass is 9.86. The molecule has 4 nitrogen and oxygen atoms in total. The van der Waals surface area contributed by atoms with Gasteiger partial charge in [0.2, 0.25) is 0 Å². The first-order valence-electron chi connectivity index (χ1n) is 8.58. The van der Waals surface area contributed by atoms with Crippen LogP contribution in [0, 0.1) is 6.92 Å². The third-order valence-electron chi connectivity index (χ3n) is 4.54. The molecule has 4 heteroatoms. The van der Waals surface area contributed by atoms with E-state index in [0.717, 1.165) is 37.5 Å². The van der Waals surface area contributed by atoms with Crippen LogP contribution in [0.3, 0.4) is 0 Å². The Bertz CT molecular complexity index is 503. The first-order chi connectivity index (χ1) is 10.8. The Balaban J connectivity index is 1.83. The first kappa shape index (κ1) is 18.2. The minimum Gasteiger partial charge on any atom is -0.491 e. The van der Waals surface area contributed by atoms with Gasteiger partial charge in [0, 0.05) is 32.7 Å². The molecule has 1 unspecified atom stereocenters. The highest BCUT2D eigenvalue weighted by molar-refractivity contribution is 5.38. The fraction of sp³-hybridized carbons (Fsp3) is 0.684. The molecule has 2 rings (SSSR count). The van der Waals surface area contributed by atoms with E-state index in [9.17, 15) is 5.11 Å². The molecule has 130 valence electrons. The van der Waals surface area contributed by atoms with Crippen molar-refractivity contribution in [1.29, 1.82) is 0 Å². The number of aryl methyl sites for hydroxylation is 1. The van der Waals surface area contributed by atoms with E-state index in [1.165, 1.54) is 5.56 Å². The lowest BCUT2D eigenvalue weighted by Crippen LogP contribution is -2.47. The molecule has 0 aromatic heterocycles. The number of aliphatic hydroxyl groups is 1. The Labute approximate surface area is 141 Å². The number of rotatable bonds is 5. The highest BCUT2D eigenvalue weighted by Gasteiger charge is 2.18. The zero-order valence-electron chi connectivity index (χ0n) is 15.3. The molecular weight excluding hydrogens is 288 g/mol. The first-order valence-corrected chi connectivity index (χ1v) is 8.58. The van der Waals surface area contributed by atoms with E-state index in [2.05, 4.69) is 56.7 Å². The Morgan fingerprint density at radius 1 is 1.17 bits per heavy atom. The molecular formula is C19H32N2O2. The predicted molar refractivity (Wildman–Crippen MR) is 95.3 cm³/mol. The van der Waals surface area contributed by atoms with Crippen molar-refractivity contribution in [3.63, 3.8) is 0 Å². The summed E-state index contributed by atoms with van der Waals surface area (Å²) in [6, 6.07) is 6.33. The molecule has 1 heterocycles. The minimum absolute atomic E-state index is 0.143. The highest BCUT2D eigenvalue weighted by Crippen LogP contribution is 2.27. The molecule has 1 aromatic rings. The number of hydrogen-bond donors (Lipinski definition) is 1. The Hall–Kier alpha value is -1.10. The second-order valence-electron chi connectivity index (χ2n) is 7.80. The number of benzene rings is 1. The number of hydrogen-bond acceptors (Lipinski definition) is 4. The van der Waals surface area contributed by atoms with Gasteiger partial charge in [0.05, 0.1) is 0 Å². The summed E-state index contributed by atoms with van der Waals surface area (Å²) in [4.78, 5) is 4.63. The Morgan fingerprint density at radius 3 is 2.39 bits per heavy atom. The van der Waals surface area contributed by atoms with Crippen molar-refractivity contribution in [2.24, 2.45) is 0 Å². The molecule has 1 fully saturated rings. The molecule has 0 bridgehead atoms. The molecule has 1 atom stereocenters. The lowest BCUT2D eigenvalue weighted by molar-refractivity contribution is 0.0503. The van der Waals surface area contributed by atoms with Crippen LogP contribution in [0.15, 0.2) is 18.2 Å². The molecule has 1 saturated heterocycles. The maximum absolute atomic E-state index is 10.2. The van der Waals surface area contributed by atoms with Crippen LogP contribution in [0.4, 0.5) is 0 Å². The molecule has 1 N–H and O–H groups in total. The van der Waals surface area contributed by atoms with E-state index in [1.807, 2.05) is 6.07 Å². The molecule has 0 radical (unpaired) electrons. The third kappa shape index (κ3) is 5.48. The summed E-state index contributed by atoms with van der Waals surface area (Å²) in [5.41, 5.74) is 2.58. The average Bonchev–Trinajstić information content (AvgIpc) is 2.47. The van der Waals surface area contributed by atoms with Crippen LogP contribution in [0.2, 0.25) is 0 Å². The van der Waals surface area contributed by atoms with Crippen molar-refractivity contribution >= 4 is 0 Å². The molecule has 0 spiro atoms. The summed E-state index contributed by atoms with van der Waals surface area (Å²) in [6.45, 7) is 13.9. The molecule has 23 heavy (non-hydrogen) atoms. The number of β-amino-alcohol motifs (C(OH)–C–C–N with tert-alkyl or cyclic N) is 1. The van der Waals surface area contributed by atoms with Gasteiger partial charge in [-0.3, -0.25) is 4.90 Å². The number of aliphatic hydroxyl groups excluding tert-OH is 1. The maximum atomic E-state index is 10.2. The smallest absolute Gasteiger partial charge is 0.122 e. The van der Waals surface area contributed by atoms with Gasteiger partial charge >= 0.3 is 0 Å². The minimum atomic E-state index is -0.444. The van der Waals surface area contributed by atoms with Crippen LogP contribution < -0.4 is 4.74 Å². The van der Waals surface area contributed by atoms with Gasteiger partial charge in [-0.1, -0.05) is 32.9 Å². The van der Waals surface area contributed by atoms with Crippen LogP contribution in [0.1, 0.15) is 31.9 Å². The van der Waals surface area contributed by atoms with Gasteiger partial charge in [-0.15, -0.1) is 0 Å².